The molecule has 0 atom stereocenters. The van der Waals surface area contributed by atoms with Gasteiger partial charge in [-0.1, -0.05) is 11.6 Å². The van der Waals surface area contributed by atoms with Crippen molar-refractivity contribution in [3.05, 3.63) is 37.7 Å². The molecule has 0 spiro atoms. The van der Waals surface area contributed by atoms with Gasteiger partial charge in [0.25, 0.3) is 0 Å². The van der Waals surface area contributed by atoms with Gasteiger partial charge in [-0.05, 0) is 22.9 Å². The average molecular weight is 373 g/mol. The SMILES string of the molecule is CCOC(=O)c1cn2c(cc1=O)-c1c(Cl)c(Br)nn1CC2. The fourth-order valence-corrected chi connectivity index (χ4v) is 2.96. The zero-order chi connectivity index (χ0) is 15.1. The van der Waals surface area contributed by atoms with Crippen molar-refractivity contribution in [3.63, 3.8) is 0 Å². The van der Waals surface area contributed by atoms with Crippen LogP contribution in [0.25, 0.3) is 11.4 Å². The van der Waals surface area contributed by atoms with Gasteiger partial charge in [-0.25, -0.2) is 4.79 Å². The Morgan fingerprint density at radius 2 is 2.29 bits per heavy atom. The predicted octanol–water partition coefficient (Wildman–Crippen LogP) is 2.32. The first kappa shape index (κ1) is 14.3. The van der Waals surface area contributed by atoms with Crippen molar-refractivity contribution in [2.24, 2.45) is 0 Å². The lowest BCUT2D eigenvalue weighted by molar-refractivity contribution is 0.0524. The van der Waals surface area contributed by atoms with Crippen LogP contribution in [0.5, 0.6) is 0 Å². The molecule has 0 radical (unpaired) electrons. The fraction of sp³-hybridized carbons (Fsp3) is 0.308. The normalized spacial score (nSPS) is 12.7. The number of pyridine rings is 1. The minimum absolute atomic E-state index is 0.0313. The van der Waals surface area contributed by atoms with Crippen LogP contribution in [0.15, 0.2) is 21.7 Å². The van der Waals surface area contributed by atoms with Crippen LogP contribution in [0, 0.1) is 0 Å². The Bertz CT molecular complexity index is 797. The quantitative estimate of drug-likeness (QED) is 0.759. The van der Waals surface area contributed by atoms with E-state index in [2.05, 4.69) is 21.0 Å². The highest BCUT2D eigenvalue weighted by Crippen LogP contribution is 2.35. The Hall–Kier alpha value is -1.60. The fourth-order valence-electron chi connectivity index (χ4n) is 2.35. The van der Waals surface area contributed by atoms with Crippen LogP contribution < -0.4 is 5.43 Å². The van der Waals surface area contributed by atoms with Crippen LogP contribution >= 0.6 is 27.5 Å². The third-order valence-corrected chi connectivity index (χ3v) is 4.42. The highest BCUT2D eigenvalue weighted by Gasteiger charge is 2.25. The summed E-state index contributed by atoms with van der Waals surface area (Å²) < 4.78 is 8.99. The Kier molecular flexibility index (Phi) is 3.62. The van der Waals surface area contributed by atoms with Crippen LogP contribution in [-0.4, -0.2) is 26.9 Å². The van der Waals surface area contributed by atoms with Gasteiger partial charge in [-0.3, -0.25) is 9.48 Å². The first-order valence-electron chi connectivity index (χ1n) is 6.36. The van der Waals surface area contributed by atoms with E-state index in [-0.39, 0.29) is 17.6 Å². The van der Waals surface area contributed by atoms with Crippen molar-refractivity contribution in [2.75, 3.05) is 6.61 Å². The molecular weight excluding hydrogens is 362 g/mol. The van der Waals surface area contributed by atoms with Crippen molar-refractivity contribution >= 4 is 33.5 Å². The Labute approximate surface area is 133 Å². The average Bonchev–Trinajstić information content (AvgIpc) is 2.74. The Morgan fingerprint density at radius 3 is 3.00 bits per heavy atom. The summed E-state index contributed by atoms with van der Waals surface area (Å²) in [6.45, 7) is 3.13. The second-order valence-corrected chi connectivity index (χ2v) is 5.66. The molecule has 110 valence electrons. The number of carbonyl (C=O) groups is 1. The van der Waals surface area contributed by atoms with Crippen LogP contribution in [0.2, 0.25) is 5.02 Å². The number of ether oxygens (including phenoxy) is 1. The lowest BCUT2D eigenvalue weighted by Crippen LogP contribution is -2.25. The number of aromatic nitrogens is 3. The summed E-state index contributed by atoms with van der Waals surface area (Å²) in [7, 11) is 0. The molecule has 0 amide bonds. The van der Waals surface area contributed by atoms with E-state index in [9.17, 15) is 9.59 Å². The molecule has 0 saturated heterocycles. The summed E-state index contributed by atoms with van der Waals surface area (Å²) in [6.07, 6.45) is 1.52. The molecular formula is C13H11BrClN3O3. The highest BCUT2D eigenvalue weighted by molar-refractivity contribution is 9.10. The van der Waals surface area contributed by atoms with Crippen molar-refractivity contribution in [1.82, 2.24) is 14.3 Å². The molecule has 8 heteroatoms. The molecule has 3 heterocycles. The second kappa shape index (κ2) is 5.31. The van der Waals surface area contributed by atoms with E-state index in [0.717, 1.165) is 0 Å². The molecule has 1 aliphatic heterocycles. The number of nitrogens with zero attached hydrogens (tertiary/aromatic N) is 3. The number of aryl methyl sites for hydroxylation is 2. The van der Waals surface area contributed by atoms with Crippen molar-refractivity contribution in [2.45, 2.75) is 20.0 Å². The van der Waals surface area contributed by atoms with E-state index in [1.807, 2.05) is 4.57 Å². The summed E-state index contributed by atoms with van der Waals surface area (Å²) in [5.41, 5.74) is 0.954. The Morgan fingerprint density at radius 1 is 1.52 bits per heavy atom. The first-order valence-corrected chi connectivity index (χ1v) is 7.53. The first-order chi connectivity index (χ1) is 10.0. The highest BCUT2D eigenvalue weighted by atomic mass is 79.9. The standard InChI is InChI=1S/C13H11BrClN3O3/c1-2-21-13(20)7-6-17-3-4-18-11(8(17)5-9(7)19)10(15)12(14)16-18/h5-6H,2-4H2,1H3. The van der Waals surface area contributed by atoms with Gasteiger partial charge in [0.1, 0.15) is 20.9 Å². The third kappa shape index (κ3) is 2.30. The molecule has 21 heavy (non-hydrogen) atoms. The summed E-state index contributed by atoms with van der Waals surface area (Å²) in [5.74, 6) is -0.607. The van der Waals surface area contributed by atoms with Gasteiger partial charge in [-0.2, -0.15) is 5.10 Å². The van der Waals surface area contributed by atoms with Crippen molar-refractivity contribution < 1.29 is 9.53 Å². The summed E-state index contributed by atoms with van der Waals surface area (Å²) in [4.78, 5) is 23.9. The van der Waals surface area contributed by atoms with Crippen LogP contribution in [-0.2, 0) is 17.8 Å². The van der Waals surface area contributed by atoms with Crippen LogP contribution in [0.3, 0.4) is 0 Å². The van der Waals surface area contributed by atoms with Gasteiger partial charge < -0.3 is 9.30 Å². The molecule has 0 N–H and O–H groups in total. The van der Waals surface area contributed by atoms with Gasteiger partial charge in [0.15, 0.2) is 5.43 Å². The number of carbonyl (C=O) groups excluding carboxylic acids is 1. The maximum Gasteiger partial charge on any atom is 0.343 e. The maximum atomic E-state index is 12.1. The number of halogens is 2. The van der Waals surface area contributed by atoms with Crippen molar-refractivity contribution in [1.29, 1.82) is 0 Å². The number of rotatable bonds is 2. The van der Waals surface area contributed by atoms with Gasteiger partial charge >= 0.3 is 5.97 Å². The topological polar surface area (TPSA) is 66.1 Å². The molecule has 3 rings (SSSR count). The summed E-state index contributed by atoms with van der Waals surface area (Å²) in [6, 6.07) is 1.40. The van der Waals surface area contributed by atoms with E-state index >= 15 is 0 Å². The largest absolute Gasteiger partial charge is 0.462 e. The van der Waals surface area contributed by atoms with E-state index in [1.165, 1.54) is 12.3 Å². The van der Waals surface area contributed by atoms with E-state index in [4.69, 9.17) is 16.3 Å². The lowest BCUT2D eigenvalue weighted by Gasteiger charge is -2.21. The number of esters is 1. The van der Waals surface area contributed by atoms with Crippen LogP contribution in [0.1, 0.15) is 17.3 Å². The molecule has 0 aromatic carbocycles. The zero-order valence-corrected chi connectivity index (χ0v) is 13.4. The zero-order valence-electron chi connectivity index (χ0n) is 11.1. The molecule has 0 saturated carbocycles. The predicted molar refractivity (Wildman–Crippen MR) is 80.6 cm³/mol. The summed E-state index contributed by atoms with van der Waals surface area (Å²) in [5, 5.41) is 4.71. The van der Waals surface area contributed by atoms with Crippen molar-refractivity contribution in [3.8, 4) is 11.4 Å². The van der Waals surface area contributed by atoms with Crippen LogP contribution in [0.4, 0.5) is 0 Å². The molecule has 1 aliphatic rings. The third-order valence-electron chi connectivity index (χ3n) is 3.27. The minimum Gasteiger partial charge on any atom is -0.462 e. The lowest BCUT2D eigenvalue weighted by atomic mass is 10.1. The van der Waals surface area contributed by atoms with Gasteiger partial charge in [0.05, 0.1) is 18.8 Å². The second-order valence-electron chi connectivity index (χ2n) is 4.53. The summed E-state index contributed by atoms with van der Waals surface area (Å²) >= 11 is 9.50. The van der Waals surface area contributed by atoms with Gasteiger partial charge in [0, 0.05) is 18.8 Å². The Balaban J connectivity index is 2.17. The molecule has 6 nitrogen and oxygen atoms in total. The molecule has 2 aromatic rings. The van der Waals surface area contributed by atoms with E-state index < -0.39 is 5.97 Å². The van der Waals surface area contributed by atoms with Gasteiger partial charge in [0.2, 0.25) is 0 Å². The molecule has 0 fully saturated rings. The number of fused-ring (bicyclic) bond motifs is 3. The molecule has 2 aromatic heterocycles. The minimum atomic E-state index is -0.607. The number of hydrogen-bond acceptors (Lipinski definition) is 4. The molecule has 0 unspecified atom stereocenters. The number of hydrogen-bond donors (Lipinski definition) is 0. The van der Waals surface area contributed by atoms with Gasteiger partial charge in [-0.15, -0.1) is 0 Å². The van der Waals surface area contributed by atoms with E-state index in [0.29, 0.717) is 34.1 Å². The smallest absolute Gasteiger partial charge is 0.343 e. The monoisotopic (exact) mass is 371 g/mol. The molecule has 0 bridgehead atoms. The maximum absolute atomic E-state index is 12.1. The molecule has 0 aliphatic carbocycles. The van der Waals surface area contributed by atoms with E-state index in [1.54, 1.807) is 11.6 Å².